The summed E-state index contributed by atoms with van der Waals surface area (Å²) in [5, 5.41) is 6.29. The van der Waals surface area contributed by atoms with E-state index in [1.165, 1.54) is 15.5 Å². The summed E-state index contributed by atoms with van der Waals surface area (Å²) in [6.07, 6.45) is 0.880. The number of carbonyl (C=O) groups excluding carboxylic acids is 1. The molecule has 2 aliphatic heterocycles. The fourth-order valence-electron chi connectivity index (χ4n) is 3.51. The second kappa shape index (κ2) is 6.20. The number of rotatable bonds is 5. The molecule has 2 heterocycles. The Morgan fingerprint density at radius 1 is 1.43 bits per heavy atom. The van der Waals surface area contributed by atoms with Crippen LogP contribution >= 0.6 is 0 Å². The van der Waals surface area contributed by atoms with Gasteiger partial charge in [0.25, 0.3) is 10.2 Å². The van der Waals surface area contributed by atoms with Crippen LogP contribution in [0.15, 0.2) is 0 Å². The topological polar surface area (TPSA) is 81.8 Å². The molecule has 0 aliphatic carbocycles. The molecule has 2 aliphatic rings. The Morgan fingerprint density at radius 2 is 2.10 bits per heavy atom. The van der Waals surface area contributed by atoms with E-state index in [9.17, 15) is 13.2 Å². The molecule has 8 heteroatoms. The monoisotopic (exact) mass is 318 g/mol. The van der Waals surface area contributed by atoms with E-state index >= 15 is 0 Å². The van der Waals surface area contributed by atoms with Crippen molar-refractivity contribution in [2.24, 2.45) is 5.92 Å². The fraction of sp³-hybridized carbons (Fsp3) is 0.923. The van der Waals surface area contributed by atoms with E-state index in [0.717, 1.165) is 13.0 Å². The molecule has 0 aromatic heterocycles. The van der Waals surface area contributed by atoms with Crippen LogP contribution in [-0.2, 0) is 15.0 Å². The number of fused-ring (bicyclic) bond motifs is 1. The van der Waals surface area contributed by atoms with E-state index in [4.69, 9.17) is 0 Å². The number of piperidine rings is 1. The van der Waals surface area contributed by atoms with Crippen LogP contribution in [0.3, 0.4) is 0 Å². The minimum absolute atomic E-state index is 0.106. The average Bonchev–Trinajstić information content (AvgIpc) is 2.78. The maximum absolute atomic E-state index is 12.7. The van der Waals surface area contributed by atoms with Gasteiger partial charge in [0.05, 0.1) is 5.54 Å². The van der Waals surface area contributed by atoms with Gasteiger partial charge in [-0.05, 0) is 18.9 Å². The smallest absolute Gasteiger partial charge is 0.282 e. The maximum atomic E-state index is 12.7. The van der Waals surface area contributed by atoms with Gasteiger partial charge >= 0.3 is 0 Å². The van der Waals surface area contributed by atoms with Gasteiger partial charge in [-0.1, -0.05) is 13.8 Å². The van der Waals surface area contributed by atoms with Gasteiger partial charge in [-0.3, -0.25) is 4.79 Å². The summed E-state index contributed by atoms with van der Waals surface area (Å²) in [5.74, 6) is 0.0683. The lowest BCUT2D eigenvalue weighted by Crippen LogP contribution is -2.62. The van der Waals surface area contributed by atoms with E-state index in [1.54, 1.807) is 0 Å². The SMILES string of the molecule is CCN(CC)S(=O)(=O)N1C[C@H]2CCNC[C@@]2(NC(C)=O)C1. The molecule has 7 nitrogen and oxygen atoms in total. The molecule has 0 unspecified atom stereocenters. The van der Waals surface area contributed by atoms with Crippen molar-refractivity contribution in [3.8, 4) is 0 Å². The van der Waals surface area contributed by atoms with Crippen LogP contribution in [0.1, 0.15) is 27.2 Å². The highest BCUT2D eigenvalue weighted by molar-refractivity contribution is 7.86. The molecule has 0 aromatic carbocycles. The van der Waals surface area contributed by atoms with Crippen LogP contribution < -0.4 is 10.6 Å². The molecule has 0 spiro atoms. The normalized spacial score (nSPS) is 30.4. The Bertz CT molecular complexity index is 492. The van der Waals surface area contributed by atoms with Crippen LogP contribution in [0, 0.1) is 5.92 Å². The van der Waals surface area contributed by atoms with Gasteiger partial charge in [-0.15, -0.1) is 0 Å². The van der Waals surface area contributed by atoms with Crippen LogP contribution in [-0.4, -0.2) is 67.7 Å². The molecule has 2 atom stereocenters. The van der Waals surface area contributed by atoms with E-state index in [0.29, 0.717) is 32.7 Å². The zero-order chi connectivity index (χ0) is 15.7. The van der Waals surface area contributed by atoms with Gasteiger partial charge in [-0.25, -0.2) is 0 Å². The molecule has 0 saturated carbocycles. The third kappa shape index (κ3) is 3.08. The zero-order valence-corrected chi connectivity index (χ0v) is 13.9. The lowest BCUT2D eigenvalue weighted by atomic mass is 9.82. The first kappa shape index (κ1) is 16.7. The summed E-state index contributed by atoms with van der Waals surface area (Å²) in [5.41, 5.74) is -0.468. The van der Waals surface area contributed by atoms with Crippen molar-refractivity contribution in [2.75, 3.05) is 39.3 Å². The molecular weight excluding hydrogens is 292 g/mol. The summed E-state index contributed by atoms with van der Waals surface area (Å²) >= 11 is 0. The first-order chi connectivity index (χ1) is 9.85. The van der Waals surface area contributed by atoms with E-state index in [1.807, 2.05) is 13.8 Å². The minimum Gasteiger partial charge on any atom is -0.348 e. The lowest BCUT2D eigenvalue weighted by molar-refractivity contribution is -0.121. The second-order valence-corrected chi connectivity index (χ2v) is 7.81. The minimum atomic E-state index is -3.45. The lowest BCUT2D eigenvalue weighted by Gasteiger charge is -2.39. The maximum Gasteiger partial charge on any atom is 0.282 e. The molecule has 1 amide bonds. The van der Waals surface area contributed by atoms with Crippen molar-refractivity contribution in [2.45, 2.75) is 32.7 Å². The average molecular weight is 318 g/mol. The highest BCUT2D eigenvalue weighted by Crippen LogP contribution is 2.34. The van der Waals surface area contributed by atoms with E-state index in [-0.39, 0.29) is 11.8 Å². The Morgan fingerprint density at radius 3 is 2.67 bits per heavy atom. The number of nitrogens with one attached hydrogen (secondary N) is 2. The molecule has 2 fully saturated rings. The zero-order valence-electron chi connectivity index (χ0n) is 13.1. The highest BCUT2D eigenvalue weighted by atomic mass is 32.2. The molecule has 0 radical (unpaired) electrons. The third-order valence-electron chi connectivity index (χ3n) is 4.56. The molecule has 122 valence electrons. The Hall–Kier alpha value is -0.700. The van der Waals surface area contributed by atoms with Crippen LogP contribution in [0.2, 0.25) is 0 Å². The van der Waals surface area contributed by atoms with Crippen molar-refractivity contribution in [3.05, 3.63) is 0 Å². The predicted molar refractivity (Wildman–Crippen MR) is 80.9 cm³/mol. The third-order valence-corrected chi connectivity index (χ3v) is 6.66. The quantitative estimate of drug-likeness (QED) is 0.707. The molecule has 21 heavy (non-hydrogen) atoms. The fourth-order valence-corrected chi connectivity index (χ4v) is 5.25. The van der Waals surface area contributed by atoms with Gasteiger partial charge in [0.15, 0.2) is 0 Å². The van der Waals surface area contributed by atoms with Crippen molar-refractivity contribution in [3.63, 3.8) is 0 Å². The van der Waals surface area contributed by atoms with Gasteiger partial charge in [0.2, 0.25) is 5.91 Å². The molecule has 2 rings (SSSR count). The van der Waals surface area contributed by atoms with Crippen LogP contribution in [0.4, 0.5) is 0 Å². The largest absolute Gasteiger partial charge is 0.348 e. The molecule has 2 N–H and O–H groups in total. The second-order valence-electron chi connectivity index (χ2n) is 5.88. The predicted octanol–water partition coefficient (Wildman–Crippen LogP) is -0.627. The van der Waals surface area contributed by atoms with E-state index in [2.05, 4.69) is 10.6 Å². The van der Waals surface area contributed by atoms with Crippen LogP contribution in [0.5, 0.6) is 0 Å². The molecular formula is C13H26N4O3S. The Balaban J connectivity index is 2.24. The van der Waals surface area contributed by atoms with Gasteiger partial charge < -0.3 is 10.6 Å². The highest BCUT2D eigenvalue weighted by Gasteiger charge is 2.52. The van der Waals surface area contributed by atoms with Crippen molar-refractivity contribution < 1.29 is 13.2 Å². The summed E-state index contributed by atoms with van der Waals surface area (Å²) < 4.78 is 28.4. The first-order valence-electron chi connectivity index (χ1n) is 7.60. The summed E-state index contributed by atoms with van der Waals surface area (Å²) in [6, 6.07) is 0. The first-order valence-corrected chi connectivity index (χ1v) is 9.00. The molecule has 0 aromatic rings. The summed E-state index contributed by atoms with van der Waals surface area (Å²) in [6.45, 7) is 8.43. The van der Waals surface area contributed by atoms with Gasteiger partial charge in [0, 0.05) is 39.6 Å². The van der Waals surface area contributed by atoms with Gasteiger partial charge in [0.1, 0.15) is 0 Å². The summed E-state index contributed by atoms with van der Waals surface area (Å²) in [7, 11) is -3.45. The number of carbonyl (C=O) groups is 1. The van der Waals surface area contributed by atoms with Crippen molar-refractivity contribution in [1.29, 1.82) is 0 Å². The number of hydrogen-bond donors (Lipinski definition) is 2. The standard InChI is InChI=1S/C13H26N4O3S/c1-4-16(5-2)21(19,20)17-8-12-6-7-14-9-13(12,10-17)15-11(3)18/h12,14H,4-10H2,1-3H3,(H,15,18)/t12-,13-/m1/s1. The molecule has 2 saturated heterocycles. The number of hydrogen-bond acceptors (Lipinski definition) is 4. The van der Waals surface area contributed by atoms with Crippen molar-refractivity contribution >= 4 is 16.1 Å². The number of amides is 1. The van der Waals surface area contributed by atoms with Gasteiger partial charge in [-0.2, -0.15) is 17.0 Å². The van der Waals surface area contributed by atoms with Crippen molar-refractivity contribution in [1.82, 2.24) is 19.2 Å². The molecule has 0 bridgehead atoms. The van der Waals surface area contributed by atoms with Crippen LogP contribution in [0.25, 0.3) is 0 Å². The summed E-state index contributed by atoms with van der Waals surface area (Å²) in [4.78, 5) is 11.5. The number of nitrogens with zero attached hydrogens (tertiary/aromatic N) is 2. The Kier molecular flexibility index (Phi) is 4.92. The van der Waals surface area contributed by atoms with E-state index < -0.39 is 15.7 Å². The Labute approximate surface area is 127 Å².